The molecule has 0 unspecified atom stereocenters. The smallest absolute Gasteiger partial charge is 0.106 e. The Morgan fingerprint density at radius 2 is 2.07 bits per heavy atom. The summed E-state index contributed by atoms with van der Waals surface area (Å²) in [4.78, 5) is 6.65. The fraction of sp³-hybridized carbons (Fsp3) is 0.545. The minimum absolute atomic E-state index is 0.937. The second-order valence-corrected chi connectivity index (χ2v) is 4.64. The van der Waals surface area contributed by atoms with Crippen LogP contribution in [0.25, 0.3) is 0 Å². The summed E-state index contributed by atoms with van der Waals surface area (Å²) in [6.07, 6.45) is 5.97. The molecule has 0 radical (unpaired) electrons. The van der Waals surface area contributed by atoms with E-state index in [4.69, 9.17) is 0 Å². The van der Waals surface area contributed by atoms with Crippen molar-refractivity contribution >= 4 is 15.9 Å². The van der Waals surface area contributed by atoms with E-state index < -0.39 is 0 Å². The number of likely N-dealkylation sites (tertiary alicyclic amines) is 1. The van der Waals surface area contributed by atoms with Gasteiger partial charge in [-0.15, -0.1) is 0 Å². The second-order valence-electron chi connectivity index (χ2n) is 3.82. The molecule has 1 aliphatic heterocycles. The molecule has 0 N–H and O–H groups in total. The van der Waals surface area contributed by atoms with Crippen molar-refractivity contribution in [3.8, 4) is 0 Å². The SMILES string of the molecule is Brc1cc(CN2CCCCC2)ccn1. The Bertz CT molecular complexity index is 295. The third-order valence-corrected chi connectivity index (χ3v) is 3.08. The molecule has 0 atom stereocenters. The van der Waals surface area contributed by atoms with Gasteiger partial charge in [-0.25, -0.2) is 4.98 Å². The van der Waals surface area contributed by atoms with Crippen LogP contribution in [0, 0.1) is 0 Å². The van der Waals surface area contributed by atoms with Crippen LogP contribution in [0.1, 0.15) is 24.8 Å². The Balaban J connectivity index is 1.95. The van der Waals surface area contributed by atoms with Gasteiger partial charge < -0.3 is 0 Å². The zero-order chi connectivity index (χ0) is 9.80. The van der Waals surface area contributed by atoms with Gasteiger partial charge in [-0.05, 0) is 59.6 Å². The van der Waals surface area contributed by atoms with Gasteiger partial charge in [-0.2, -0.15) is 0 Å². The first-order chi connectivity index (χ1) is 6.84. The first kappa shape index (κ1) is 10.1. The number of pyridine rings is 1. The summed E-state index contributed by atoms with van der Waals surface area (Å²) in [6.45, 7) is 3.57. The number of piperidine rings is 1. The summed E-state index contributed by atoms with van der Waals surface area (Å²) in [5.74, 6) is 0. The van der Waals surface area contributed by atoms with Crippen molar-refractivity contribution in [2.45, 2.75) is 25.8 Å². The highest BCUT2D eigenvalue weighted by molar-refractivity contribution is 9.10. The van der Waals surface area contributed by atoms with Gasteiger partial charge in [0, 0.05) is 12.7 Å². The molecular weight excluding hydrogens is 240 g/mol. The maximum Gasteiger partial charge on any atom is 0.106 e. The van der Waals surface area contributed by atoms with E-state index in [0.717, 1.165) is 11.1 Å². The molecule has 0 amide bonds. The van der Waals surface area contributed by atoms with Gasteiger partial charge in [0.1, 0.15) is 4.60 Å². The predicted octanol–water partition coefficient (Wildman–Crippen LogP) is 2.83. The van der Waals surface area contributed by atoms with Crippen molar-refractivity contribution in [1.29, 1.82) is 0 Å². The lowest BCUT2D eigenvalue weighted by Crippen LogP contribution is -2.29. The Labute approximate surface area is 93.5 Å². The number of nitrogens with zero attached hydrogens (tertiary/aromatic N) is 2. The number of halogens is 1. The Morgan fingerprint density at radius 3 is 2.79 bits per heavy atom. The van der Waals surface area contributed by atoms with Crippen LogP contribution in [0.5, 0.6) is 0 Å². The van der Waals surface area contributed by atoms with Crippen LogP contribution < -0.4 is 0 Å². The fourth-order valence-electron chi connectivity index (χ4n) is 1.92. The first-order valence-corrected chi connectivity index (χ1v) is 5.97. The second kappa shape index (κ2) is 4.89. The van der Waals surface area contributed by atoms with E-state index in [9.17, 15) is 0 Å². The molecule has 1 aromatic heterocycles. The molecule has 0 aromatic carbocycles. The molecule has 0 saturated carbocycles. The molecule has 2 heterocycles. The third kappa shape index (κ3) is 2.79. The average Bonchev–Trinajstić information content (AvgIpc) is 2.19. The molecule has 1 aromatic rings. The van der Waals surface area contributed by atoms with Gasteiger partial charge in [0.2, 0.25) is 0 Å². The summed E-state index contributed by atoms with van der Waals surface area (Å²) in [5.41, 5.74) is 1.36. The van der Waals surface area contributed by atoms with E-state index in [1.54, 1.807) is 0 Å². The minimum Gasteiger partial charge on any atom is -0.299 e. The monoisotopic (exact) mass is 254 g/mol. The number of hydrogen-bond acceptors (Lipinski definition) is 2. The number of aromatic nitrogens is 1. The molecule has 1 aliphatic rings. The summed E-state index contributed by atoms with van der Waals surface area (Å²) >= 11 is 3.40. The first-order valence-electron chi connectivity index (χ1n) is 5.17. The van der Waals surface area contributed by atoms with Gasteiger partial charge in [-0.3, -0.25) is 4.90 Å². The lowest BCUT2D eigenvalue weighted by atomic mass is 10.1. The summed E-state index contributed by atoms with van der Waals surface area (Å²) in [5, 5.41) is 0. The molecule has 76 valence electrons. The molecule has 0 aliphatic carbocycles. The number of hydrogen-bond donors (Lipinski definition) is 0. The molecule has 1 saturated heterocycles. The lowest BCUT2D eigenvalue weighted by Gasteiger charge is -2.26. The van der Waals surface area contributed by atoms with Gasteiger partial charge in [0.25, 0.3) is 0 Å². The summed E-state index contributed by atoms with van der Waals surface area (Å²) in [7, 11) is 0. The maximum absolute atomic E-state index is 4.13. The molecule has 14 heavy (non-hydrogen) atoms. The molecule has 1 fully saturated rings. The maximum atomic E-state index is 4.13. The van der Waals surface area contributed by atoms with Gasteiger partial charge in [0.15, 0.2) is 0 Å². The quantitative estimate of drug-likeness (QED) is 0.755. The van der Waals surface area contributed by atoms with E-state index >= 15 is 0 Å². The van der Waals surface area contributed by atoms with Crippen LogP contribution in [-0.2, 0) is 6.54 Å². The van der Waals surface area contributed by atoms with Crippen molar-refractivity contribution in [3.05, 3.63) is 28.5 Å². The molecule has 2 rings (SSSR count). The molecule has 0 bridgehead atoms. The van der Waals surface area contributed by atoms with Crippen LogP contribution in [0.15, 0.2) is 22.9 Å². The van der Waals surface area contributed by atoms with E-state index in [0.29, 0.717) is 0 Å². The standard InChI is InChI=1S/C11H15BrN2/c12-11-8-10(4-5-13-11)9-14-6-2-1-3-7-14/h4-5,8H,1-3,6-7,9H2. The van der Waals surface area contributed by atoms with Crippen molar-refractivity contribution in [2.75, 3.05) is 13.1 Å². The van der Waals surface area contributed by atoms with Crippen LogP contribution in [0.4, 0.5) is 0 Å². The van der Waals surface area contributed by atoms with Gasteiger partial charge in [-0.1, -0.05) is 6.42 Å². The van der Waals surface area contributed by atoms with Crippen LogP contribution >= 0.6 is 15.9 Å². The highest BCUT2D eigenvalue weighted by atomic mass is 79.9. The fourth-order valence-corrected chi connectivity index (χ4v) is 2.33. The zero-order valence-corrected chi connectivity index (χ0v) is 9.83. The number of rotatable bonds is 2. The average molecular weight is 255 g/mol. The minimum atomic E-state index is 0.937. The van der Waals surface area contributed by atoms with Crippen LogP contribution in [-0.4, -0.2) is 23.0 Å². The van der Waals surface area contributed by atoms with E-state index in [-0.39, 0.29) is 0 Å². The van der Waals surface area contributed by atoms with Crippen molar-refractivity contribution in [3.63, 3.8) is 0 Å². The largest absolute Gasteiger partial charge is 0.299 e. The summed E-state index contributed by atoms with van der Waals surface area (Å²) < 4.78 is 0.937. The van der Waals surface area contributed by atoms with E-state index in [1.807, 2.05) is 6.20 Å². The molecule has 0 spiro atoms. The lowest BCUT2D eigenvalue weighted by molar-refractivity contribution is 0.221. The summed E-state index contributed by atoms with van der Waals surface area (Å²) in [6, 6.07) is 4.20. The van der Waals surface area contributed by atoms with E-state index in [1.165, 1.54) is 37.9 Å². The molecule has 2 nitrogen and oxygen atoms in total. The molecule has 3 heteroatoms. The Kier molecular flexibility index (Phi) is 3.54. The van der Waals surface area contributed by atoms with Crippen LogP contribution in [0.2, 0.25) is 0 Å². The van der Waals surface area contributed by atoms with E-state index in [2.05, 4.69) is 37.9 Å². The van der Waals surface area contributed by atoms with Gasteiger partial charge in [0.05, 0.1) is 0 Å². The van der Waals surface area contributed by atoms with Crippen molar-refractivity contribution in [2.24, 2.45) is 0 Å². The zero-order valence-electron chi connectivity index (χ0n) is 8.25. The van der Waals surface area contributed by atoms with Crippen LogP contribution in [0.3, 0.4) is 0 Å². The Hall–Kier alpha value is -0.410. The predicted molar refractivity (Wildman–Crippen MR) is 61.1 cm³/mol. The highest BCUT2D eigenvalue weighted by Gasteiger charge is 2.10. The highest BCUT2D eigenvalue weighted by Crippen LogP contribution is 2.14. The third-order valence-electron chi connectivity index (χ3n) is 2.65. The van der Waals surface area contributed by atoms with Crippen molar-refractivity contribution in [1.82, 2.24) is 9.88 Å². The van der Waals surface area contributed by atoms with Gasteiger partial charge >= 0.3 is 0 Å². The normalized spacial score (nSPS) is 18.4. The Morgan fingerprint density at radius 1 is 1.29 bits per heavy atom. The van der Waals surface area contributed by atoms with Crippen molar-refractivity contribution < 1.29 is 0 Å². The molecular formula is C11H15BrN2. The topological polar surface area (TPSA) is 16.1 Å².